The number of hydrogen-bond donors (Lipinski definition) is 1. The molecular weight excluding hydrogens is 340 g/mol. The topological polar surface area (TPSA) is 79.9 Å². The number of carbonyl (C=O) groups excluding carboxylic acids is 1. The number of ether oxygens (including phenoxy) is 1. The Kier molecular flexibility index (Phi) is 7.42. The fourth-order valence-corrected chi connectivity index (χ4v) is 3.12. The van der Waals surface area contributed by atoms with Crippen molar-refractivity contribution in [3.8, 4) is 11.8 Å². The van der Waals surface area contributed by atoms with Gasteiger partial charge in [0.05, 0.1) is 37.4 Å². The fourth-order valence-electron chi connectivity index (χ4n) is 3.12. The zero-order valence-electron chi connectivity index (χ0n) is 16.6. The van der Waals surface area contributed by atoms with Crippen LogP contribution in [0.4, 0.5) is 0 Å². The van der Waals surface area contributed by atoms with Crippen molar-refractivity contribution >= 4 is 5.91 Å². The Balaban J connectivity index is 1.90. The van der Waals surface area contributed by atoms with Crippen molar-refractivity contribution in [1.82, 2.24) is 15.1 Å². The lowest BCUT2D eigenvalue weighted by Gasteiger charge is -2.15. The molecule has 0 aliphatic carbocycles. The molecule has 1 heterocycles. The third-order valence-electron chi connectivity index (χ3n) is 4.64. The molecule has 0 saturated heterocycles. The molecule has 1 N–H and O–H groups in total. The summed E-state index contributed by atoms with van der Waals surface area (Å²) in [6.07, 6.45) is 1.49. The minimum Gasteiger partial charge on any atom is -0.494 e. The highest BCUT2D eigenvalue weighted by Gasteiger charge is 2.14. The quantitative estimate of drug-likeness (QED) is 0.733. The Hall–Kier alpha value is -2.81. The predicted octanol–water partition coefficient (Wildman–Crippen LogP) is 3.62. The van der Waals surface area contributed by atoms with E-state index in [0.717, 1.165) is 28.3 Å². The maximum Gasteiger partial charge on any atom is 0.220 e. The SMILES string of the molecule is CCOc1ccc([C@H](C)NC(=O)CCc2c(C)nn(CCC#N)c2C)cc1. The number of aryl methyl sites for hydroxylation is 2. The fraction of sp³-hybridized carbons (Fsp3) is 0.476. The normalized spacial score (nSPS) is 11.7. The first-order valence-corrected chi connectivity index (χ1v) is 9.38. The summed E-state index contributed by atoms with van der Waals surface area (Å²) in [4.78, 5) is 12.4. The number of nitrogens with one attached hydrogen (secondary N) is 1. The molecule has 2 rings (SSSR count). The van der Waals surface area contributed by atoms with Gasteiger partial charge in [-0.2, -0.15) is 10.4 Å². The van der Waals surface area contributed by atoms with Crippen LogP contribution in [-0.4, -0.2) is 22.3 Å². The first-order valence-electron chi connectivity index (χ1n) is 9.38. The average Bonchev–Trinajstić information content (AvgIpc) is 2.92. The highest BCUT2D eigenvalue weighted by molar-refractivity contribution is 5.76. The number of amides is 1. The van der Waals surface area contributed by atoms with Gasteiger partial charge in [0.2, 0.25) is 5.91 Å². The summed E-state index contributed by atoms with van der Waals surface area (Å²) in [6.45, 7) is 9.10. The highest BCUT2D eigenvalue weighted by Crippen LogP contribution is 2.19. The van der Waals surface area contributed by atoms with E-state index in [0.29, 0.717) is 32.4 Å². The predicted molar refractivity (Wildman–Crippen MR) is 104 cm³/mol. The molecule has 0 aliphatic rings. The van der Waals surface area contributed by atoms with Gasteiger partial charge in [-0.15, -0.1) is 0 Å². The molecule has 0 bridgehead atoms. The number of benzene rings is 1. The van der Waals surface area contributed by atoms with Crippen LogP contribution in [0.1, 0.15) is 55.2 Å². The molecule has 1 aromatic heterocycles. The van der Waals surface area contributed by atoms with Gasteiger partial charge in [-0.1, -0.05) is 12.1 Å². The van der Waals surface area contributed by atoms with Crippen LogP contribution in [0, 0.1) is 25.2 Å². The van der Waals surface area contributed by atoms with Crippen LogP contribution in [0.5, 0.6) is 5.75 Å². The van der Waals surface area contributed by atoms with Crippen molar-refractivity contribution < 1.29 is 9.53 Å². The van der Waals surface area contributed by atoms with E-state index >= 15 is 0 Å². The van der Waals surface area contributed by atoms with Gasteiger partial charge in [0.1, 0.15) is 5.75 Å². The van der Waals surface area contributed by atoms with Crippen molar-refractivity contribution in [2.75, 3.05) is 6.61 Å². The van der Waals surface area contributed by atoms with Crippen molar-refractivity contribution in [3.63, 3.8) is 0 Å². The van der Waals surface area contributed by atoms with Crippen LogP contribution in [0.3, 0.4) is 0 Å². The van der Waals surface area contributed by atoms with Crippen molar-refractivity contribution in [3.05, 3.63) is 46.8 Å². The number of aromatic nitrogens is 2. The number of nitriles is 1. The molecule has 0 saturated carbocycles. The van der Waals surface area contributed by atoms with E-state index in [2.05, 4.69) is 16.5 Å². The lowest BCUT2D eigenvalue weighted by Crippen LogP contribution is -2.26. The summed E-state index contributed by atoms with van der Waals surface area (Å²) in [5, 5.41) is 16.3. The number of nitrogens with zero attached hydrogens (tertiary/aromatic N) is 3. The molecule has 1 aromatic carbocycles. The summed E-state index contributed by atoms with van der Waals surface area (Å²) < 4.78 is 7.30. The second kappa shape index (κ2) is 9.77. The van der Waals surface area contributed by atoms with Crippen LogP contribution < -0.4 is 10.1 Å². The molecule has 0 aliphatic heterocycles. The Labute approximate surface area is 161 Å². The molecule has 0 radical (unpaired) electrons. The third kappa shape index (κ3) is 5.58. The number of carbonyl (C=O) groups is 1. The molecule has 0 unspecified atom stereocenters. The molecule has 1 atom stereocenters. The van der Waals surface area contributed by atoms with Crippen LogP contribution in [0.2, 0.25) is 0 Å². The summed E-state index contributed by atoms with van der Waals surface area (Å²) >= 11 is 0. The highest BCUT2D eigenvalue weighted by atomic mass is 16.5. The van der Waals surface area contributed by atoms with Crippen LogP contribution in [0.25, 0.3) is 0 Å². The maximum atomic E-state index is 12.4. The number of rotatable bonds is 9. The van der Waals surface area contributed by atoms with Crippen molar-refractivity contribution in [2.45, 2.75) is 59.5 Å². The van der Waals surface area contributed by atoms with E-state index in [9.17, 15) is 4.79 Å². The summed E-state index contributed by atoms with van der Waals surface area (Å²) in [5.74, 6) is 0.846. The van der Waals surface area contributed by atoms with Crippen molar-refractivity contribution in [2.24, 2.45) is 0 Å². The van der Waals surface area contributed by atoms with E-state index < -0.39 is 0 Å². The van der Waals surface area contributed by atoms with Crippen LogP contribution in [0.15, 0.2) is 24.3 Å². The number of hydrogen-bond acceptors (Lipinski definition) is 4. The summed E-state index contributed by atoms with van der Waals surface area (Å²) in [6, 6.07) is 9.87. The Bertz CT molecular complexity index is 803. The molecule has 27 heavy (non-hydrogen) atoms. The Morgan fingerprint density at radius 3 is 2.67 bits per heavy atom. The molecule has 6 nitrogen and oxygen atoms in total. The van der Waals surface area contributed by atoms with Gasteiger partial charge >= 0.3 is 0 Å². The molecular formula is C21H28N4O2. The molecule has 6 heteroatoms. The van der Waals surface area contributed by atoms with E-state index in [1.807, 2.05) is 56.6 Å². The van der Waals surface area contributed by atoms with E-state index in [1.165, 1.54) is 0 Å². The molecule has 0 fully saturated rings. The first-order chi connectivity index (χ1) is 13.0. The zero-order valence-corrected chi connectivity index (χ0v) is 16.6. The van der Waals surface area contributed by atoms with Gasteiger partial charge < -0.3 is 10.1 Å². The maximum absolute atomic E-state index is 12.4. The second-order valence-electron chi connectivity index (χ2n) is 6.57. The van der Waals surface area contributed by atoms with Crippen LogP contribution >= 0.6 is 0 Å². The van der Waals surface area contributed by atoms with E-state index in [4.69, 9.17) is 10.00 Å². The van der Waals surface area contributed by atoms with Gasteiger partial charge in [0, 0.05) is 12.1 Å². The monoisotopic (exact) mass is 368 g/mol. The smallest absolute Gasteiger partial charge is 0.220 e. The average molecular weight is 368 g/mol. The molecule has 2 aromatic rings. The lowest BCUT2D eigenvalue weighted by atomic mass is 10.1. The second-order valence-corrected chi connectivity index (χ2v) is 6.57. The largest absolute Gasteiger partial charge is 0.494 e. The van der Waals surface area contributed by atoms with Crippen LogP contribution in [-0.2, 0) is 17.8 Å². The van der Waals surface area contributed by atoms with Gasteiger partial charge in [-0.25, -0.2) is 0 Å². The zero-order chi connectivity index (χ0) is 19.8. The molecule has 1 amide bonds. The van der Waals surface area contributed by atoms with Gasteiger partial charge in [0.15, 0.2) is 0 Å². The molecule has 144 valence electrons. The summed E-state index contributed by atoms with van der Waals surface area (Å²) in [7, 11) is 0. The first kappa shape index (κ1) is 20.5. The third-order valence-corrected chi connectivity index (χ3v) is 4.64. The standard InChI is InChI=1S/C21H28N4O2/c1-5-27-19-9-7-18(8-10-19)15(2)23-21(26)12-11-20-16(3)24-25(17(20)4)14-6-13-22/h7-10,15H,5-6,11-12,14H2,1-4H3,(H,23,26)/t15-/m0/s1. The van der Waals surface area contributed by atoms with Gasteiger partial charge in [-0.3, -0.25) is 9.48 Å². The van der Waals surface area contributed by atoms with E-state index in [-0.39, 0.29) is 11.9 Å². The van der Waals surface area contributed by atoms with Gasteiger partial charge in [0.25, 0.3) is 0 Å². The summed E-state index contributed by atoms with van der Waals surface area (Å²) in [5.41, 5.74) is 4.10. The van der Waals surface area contributed by atoms with Crippen molar-refractivity contribution in [1.29, 1.82) is 5.26 Å². The minimum atomic E-state index is -0.0614. The minimum absolute atomic E-state index is 0.0139. The Morgan fingerprint density at radius 1 is 1.33 bits per heavy atom. The van der Waals surface area contributed by atoms with E-state index in [1.54, 1.807) is 0 Å². The van der Waals surface area contributed by atoms with Gasteiger partial charge in [-0.05, 0) is 57.4 Å². The molecule has 0 spiro atoms. The lowest BCUT2D eigenvalue weighted by molar-refractivity contribution is -0.121. The Morgan fingerprint density at radius 2 is 2.04 bits per heavy atom.